The van der Waals surface area contributed by atoms with E-state index in [1.165, 1.54) is 24.3 Å². The quantitative estimate of drug-likeness (QED) is 0.102. The SMILES string of the molecule is O=C(O)/C=C\C(=O)OC(=O)c1ccc(C(=O)OC(=O)CCCCCCCCC(=O)OCCCCO)cc1. The summed E-state index contributed by atoms with van der Waals surface area (Å²) in [6, 6.07) is 4.87. The van der Waals surface area contributed by atoms with Crippen LogP contribution in [0.3, 0.4) is 0 Å². The van der Waals surface area contributed by atoms with Crippen LogP contribution in [-0.2, 0) is 33.4 Å². The van der Waals surface area contributed by atoms with Gasteiger partial charge in [-0.25, -0.2) is 19.2 Å². The molecule has 0 aliphatic carbocycles. The molecule has 0 heterocycles. The summed E-state index contributed by atoms with van der Waals surface area (Å²) in [7, 11) is 0. The standard InChI is InChI=1S/C26H32O11/c27-17-7-8-18-35-22(30)9-5-3-1-2-4-6-10-23(31)36-25(33)19-11-13-20(14-12-19)26(34)37-24(32)16-15-21(28)29/h11-16,27H,1-10,17-18H2,(H,28,29)/b16-15-. The third-order valence-corrected chi connectivity index (χ3v) is 4.95. The molecule has 1 aromatic rings. The number of benzene rings is 1. The summed E-state index contributed by atoms with van der Waals surface area (Å²) in [5.74, 6) is -5.36. The van der Waals surface area contributed by atoms with Gasteiger partial charge in [0, 0.05) is 31.6 Å². The summed E-state index contributed by atoms with van der Waals surface area (Å²) in [5, 5.41) is 17.1. The fourth-order valence-electron chi connectivity index (χ4n) is 3.00. The number of unbranched alkanes of at least 4 members (excludes halogenated alkanes) is 6. The van der Waals surface area contributed by atoms with Gasteiger partial charge < -0.3 is 24.4 Å². The Labute approximate surface area is 214 Å². The number of carboxylic acid groups (broad SMARTS) is 1. The predicted molar refractivity (Wildman–Crippen MR) is 128 cm³/mol. The minimum atomic E-state index is -1.37. The first kappa shape index (κ1) is 31.2. The lowest BCUT2D eigenvalue weighted by Crippen LogP contribution is -2.13. The molecule has 0 radical (unpaired) electrons. The third-order valence-electron chi connectivity index (χ3n) is 4.95. The maximum Gasteiger partial charge on any atom is 0.346 e. The van der Waals surface area contributed by atoms with Crippen molar-refractivity contribution in [1.82, 2.24) is 0 Å². The Morgan fingerprint density at radius 2 is 1.16 bits per heavy atom. The van der Waals surface area contributed by atoms with Crippen LogP contribution in [0.2, 0.25) is 0 Å². The summed E-state index contributed by atoms with van der Waals surface area (Å²) in [6.45, 7) is 0.415. The van der Waals surface area contributed by atoms with Crippen LogP contribution in [0.1, 0.15) is 84.9 Å². The first-order valence-corrected chi connectivity index (χ1v) is 12.0. The fourth-order valence-corrected chi connectivity index (χ4v) is 3.00. The minimum absolute atomic E-state index is 0.0222. The topological polar surface area (TPSA) is 171 Å². The zero-order valence-corrected chi connectivity index (χ0v) is 20.5. The molecule has 0 saturated carbocycles. The van der Waals surface area contributed by atoms with E-state index in [4.69, 9.17) is 19.7 Å². The lowest BCUT2D eigenvalue weighted by molar-refractivity contribution is -0.144. The van der Waals surface area contributed by atoms with Gasteiger partial charge in [-0.05, 0) is 49.9 Å². The summed E-state index contributed by atoms with van der Waals surface area (Å²) in [5.41, 5.74) is -0.0381. The molecule has 0 spiro atoms. The van der Waals surface area contributed by atoms with Gasteiger partial charge in [-0.1, -0.05) is 25.7 Å². The van der Waals surface area contributed by atoms with Gasteiger partial charge in [0.05, 0.1) is 17.7 Å². The van der Waals surface area contributed by atoms with E-state index < -0.39 is 29.8 Å². The van der Waals surface area contributed by atoms with Crippen molar-refractivity contribution < 1.29 is 53.2 Å². The van der Waals surface area contributed by atoms with Crippen molar-refractivity contribution in [2.75, 3.05) is 13.2 Å². The Morgan fingerprint density at radius 3 is 1.70 bits per heavy atom. The van der Waals surface area contributed by atoms with Gasteiger partial charge in [-0.2, -0.15) is 0 Å². The Bertz CT molecular complexity index is 948. The number of aliphatic hydroxyl groups excluding tert-OH is 1. The van der Waals surface area contributed by atoms with Gasteiger partial charge in [-0.15, -0.1) is 0 Å². The van der Waals surface area contributed by atoms with E-state index in [-0.39, 0.29) is 30.1 Å². The van der Waals surface area contributed by atoms with Crippen molar-refractivity contribution in [2.45, 2.75) is 64.2 Å². The van der Waals surface area contributed by atoms with Gasteiger partial charge >= 0.3 is 35.8 Å². The lowest BCUT2D eigenvalue weighted by atomic mass is 10.1. The zero-order chi connectivity index (χ0) is 27.5. The number of hydrogen-bond acceptors (Lipinski definition) is 10. The van der Waals surface area contributed by atoms with Gasteiger partial charge in [-0.3, -0.25) is 9.59 Å². The highest BCUT2D eigenvalue weighted by molar-refractivity contribution is 6.02. The van der Waals surface area contributed by atoms with Crippen molar-refractivity contribution in [3.63, 3.8) is 0 Å². The number of rotatable bonds is 17. The van der Waals surface area contributed by atoms with Crippen molar-refractivity contribution in [3.05, 3.63) is 47.5 Å². The Morgan fingerprint density at radius 1 is 0.649 bits per heavy atom. The molecule has 11 nitrogen and oxygen atoms in total. The maximum atomic E-state index is 12.1. The van der Waals surface area contributed by atoms with E-state index in [9.17, 15) is 28.8 Å². The molecule has 0 aliphatic heterocycles. The number of aliphatic carboxylic acids is 1. The molecule has 0 bridgehead atoms. The summed E-state index contributed by atoms with van der Waals surface area (Å²) >= 11 is 0. The highest BCUT2D eigenvalue weighted by atomic mass is 16.6. The molecule has 0 aromatic heterocycles. The summed E-state index contributed by atoms with van der Waals surface area (Å²) < 4.78 is 14.3. The smallest absolute Gasteiger partial charge is 0.346 e. The van der Waals surface area contributed by atoms with E-state index >= 15 is 0 Å². The maximum absolute atomic E-state index is 12.1. The van der Waals surface area contributed by atoms with Crippen LogP contribution in [0, 0.1) is 0 Å². The molecule has 2 N–H and O–H groups in total. The van der Waals surface area contributed by atoms with E-state index in [2.05, 4.69) is 4.74 Å². The lowest BCUT2D eigenvalue weighted by Gasteiger charge is -2.05. The molecule has 1 rings (SSSR count). The Balaban J connectivity index is 2.21. The highest BCUT2D eigenvalue weighted by Crippen LogP contribution is 2.12. The average Bonchev–Trinajstić information content (AvgIpc) is 2.87. The number of aliphatic hydroxyl groups is 1. The molecule has 0 aliphatic rings. The summed E-state index contributed by atoms with van der Waals surface area (Å²) in [4.78, 5) is 69.1. The zero-order valence-electron chi connectivity index (χ0n) is 20.5. The van der Waals surface area contributed by atoms with Crippen LogP contribution in [0.25, 0.3) is 0 Å². The highest BCUT2D eigenvalue weighted by Gasteiger charge is 2.16. The first-order valence-electron chi connectivity index (χ1n) is 12.0. The van der Waals surface area contributed by atoms with E-state index in [1.54, 1.807) is 0 Å². The minimum Gasteiger partial charge on any atom is -0.478 e. The van der Waals surface area contributed by atoms with Crippen LogP contribution in [0.5, 0.6) is 0 Å². The third kappa shape index (κ3) is 15.0. The van der Waals surface area contributed by atoms with E-state index in [1.807, 2.05) is 0 Å². The molecule has 0 unspecified atom stereocenters. The van der Waals surface area contributed by atoms with Crippen LogP contribution >= 0.6 is 0 Å². The monoisotopic (exact) mass is 520 g/mol. The molecule has 202 valence electrons. The van der Waals surface area contributed by atoms with E-state index in [0.29, 0.717) is 44.4 Å². The second-order valence-corrected chi connectivity index (χ2v) is 7.99. The molecule has 0 saturated heterocycles. The molecule has 1 aromatic carbocycles. The normalized spacial score (nSPS) is 10.6. The van der Waals surface area contributed by atoms with Crippen molar-refractivity contribution in [2.24, 2.45) is 0 Å². The fraction of sp³-hybridized carbons (Fsp3) is 0.462. The van der Waals surface area contributed by atoms with Crippen molar-refractivity contribution in [3.8, 4) is 0 Å². The number of hydrogen-bond donors (Lipinski definition) is 2. The second kappa shape index (κ2) is 18.4. The molecular formula is C26H32O11. The van der Waals surface area contributed by atoms with Crippen LogP contribution < -0.4 is 0 Å². The number of carboxylic acids is 1. The van der Waals surface area contributed by atoms with Gasteiger partial charge in [0.15, 0.2) is 0 Å². The van der Waals surface area contributed by atoms with E-state index in [0.717, 1.165) is 32.1 Å². The molecule has 0 amide bonds. The van der Waals surface area contributed by atoms with Crippen LogP contribution in [0.15, 0.2) is 36.4 Å². The first-order chi connectivity index (χ1) is 17.7. The second-order valence-electron chi connectivity index (χ2n) is 7.99. The molecular weight excluding hydrogens is 488 g/mol. The molecule has 37 heavy (non-hydrogen) atoms. The van der Waals surface area contributed by atoms with Crippen molar-refractivity contribution >= 4 is 35.8 Å². The Kier molecular flexibility index (Phi) is 15.5. The van der Waals surface area contributed by atoms with Gasteiger partial charge in [0.2, 0.25) is 0 Å². The molecule has 11 heteroatoms. The predicted octanol–water partition coefficient (Wildman–Crippen LogP) is 3.13. The molecule has 0 fully saturated rings. The Hall–Kier alpha value is -3.86. The van der Waals surface area contributed by atoms with Crippen LogP contribution in [-0.4, -0.2) is 59.2 Å². The number of esters is 5. The number of carbonyl (C=O) groups is 6. The van der Waals surface area contributed by atoms with Crippen LogP contribution in [0.4, 0.5) is 0 Å². The number of carbonyl (C=O) groups excluding carboxylic acids is 5. The largest absolute Gasteiger partial charge is 0.478 e. The van der Waals surface area contributed by atoms with Gasteiger partial charge in [0.1, 0.15) is 0 Å². The number of ether oxygens (including phenoxy) is 3. The summed E-state index contributed by atoms with van der Waals surface area (Å²) in [6.07, 6.45) is 7.50. The van der Waals surface area contributed by atoms with Crippen molar-refractivity contribution in [1.29, 1.82) is 0 Å². The molecule has 0 atom stereocenters. The average molecular weight is 521 g/mol. The van der Waals surface area contributed by atoms with Gasteiger partial charge in [0.25, 0.3) is 0 Å².